The van der Waals surface area contributed by atoms with Gasteiger partial charge in [-0.2, -0.15) is 0 Å². The van der Waals surface area contributed by atoms with Crippen LogP contribution >= 0.6 is 11.6 Å². The van der Waals surface area contributed by atoms with Crippen molar-refractivity contribution in [2.24, 2.45) is 11.7 Å². The van der Waals surface area contributed by atoms with E-state index in [9.17, 15) is 13.2 Å². The van der Waals surface area contributed by atoms with Crippen LogP contribution in [0, 0.1) is 23.4 Å². The Kier molecular flexibility index (Phi) is 3.84. The number of rotatable bonds is 2. The highest BCUT2D eigenvalue weighted by atomic mass is 35.5. The second kappa shape index (κ2) is 5.07. The Morgan fingerprint density at radius 3 is 2.61 bits per heavy atom. The Morgan fingerprint density at radius 1 is 1.39 bits per heavy atom. The summed E-state index contributed by atoms with van der Waals surface area (Å²) in [6.07, 6.45) is 0.588. The topological polar surface area (TPSA) is 29.3 Å². The fourth-order valence-corrected chi connectivity index (χ4v) is 2.61. The molecule has 1 aliphatic rings. The Hall–Kier alpha value is -0.780. The van der Waals surface area contributed by atoms with Gasteiger partial charge in [-0.15, -0.1) is 0 Å². The molecular formula is C12H14ClF3N2. The molecule has 1 heterocycles. The molecule has 1 aliphatic heterocycles. The van der Waals surface area contributed by atoms with Crippen LogP contribution in [0.5, 0.6) is 0 Å². The molecule has 2 unspecified atom stereocenters. The molecule has 100 valence electrons. The maximum Gasteiger partial charge on any atom is 0.180 e. The number of likely N-dealkylation sites (tertiary alicyclic amines) is 1. The lowest BCUT2D eigenvalue weighted by atomic mass is 9.99. The summed E-state index contributed by atoms with van der Waals surface area (Å²) in [6.45, 7) is 1.16. The van der Waals surface area contributed by atoms with Crippen molar-refractivity contribution in [3.63, 3.8) is 0 Å². The quantitative estimate of drug-likeness (QED) is 0.666. The van der Waals surface area contributed by atoms with Crippen molar-refractivity contribution in [1.82, 2.24) is 4.90 Å². The van der Waals surface area contributed by atoms with Crippen molar-refractivity contribution in [2.75, 3.05) is 20.1 Å². The first-order valence-electron chi connectivity index (χ1n) is 5.68. The molecule has 0 aromatic heterocycles. The van der Waals surface area contributed by atoms with Crippen LogP contribution in [0.4, 0.5) is 13.2 Å². The molecular weight excluding hydrogens is 265 g/mol. The van der Waals surface area contributed by atoms with Crippen LogP contribution in [0.3, 0.4) is 0 Å². The number of halogens is 4. The first kappa shape index (κ1) is 13.6. The molecule has 0 radical (unpaired) electrons. The number of nitrogens with two attached hydrogens (primary N) is 1. The summed E-state index contributed by atoms with van der Waals surface area (Å²) in [5.74, 6) is -3.12. The molecule has 0 spiro atoms. The normalized spacial score (nSPS) is 24.8. The first-order chi connectivity index (χ1) is 8.45. The van der Waals surface area contributed by atoms with Crippen LogP contribution in [0.15, 0.2) is 6.07 Å². The van der Waals surface area contributed by atoms with Crippen molar-refractivity contribution >= 4 is 11.6 Å². The van der Waals surface area contributed by atoms with Crippen molar-refractivity contribution in [1.29, 1.82) is 0 Å². The van der Waals surface area contributed by atoms with Crippen LogP contribution in [0.1, 0.15) is 18.0 Å². The van der Waals surface area contributed by atoms with Gasteiger partial charge in [-0.05, 0) is 32.0 Å². The molecule has 0 saturated carbocycles. The van der Waals surface area contributed by atoms with Crippen LogP contribution in [0.25, 0.3) is 0 Å². The Labute approximate surface area is 109 Å². The zero-order valence-electron chi connectivity index (χ0n) is 9.89. The van der Waals surface area contributed by atoms with E-state index >= 15 is 0 Å². The fourth-order valence-electron chi connectivity index (χ4n) is 2.47. The minimum absolute atomic E-state index is 0.00727. The Bertz CT molecular complexity index is 467. The Balaban J connectivity index is 2.40. The Morgan fingerprint density at radius 2 is 2.06 bits per heavy atom. The third-order valence-corrected chi connectivity index (χ3v) is 3.80. The highest BCUT2D eigenvalue weighted by Gasteiger charge is 2.33. The average molecular weight is 279 g/mol. The zero-order valence-corrected chi connectivity index (χ0v) is 10.6. The van der Waals surface area contributed by atoms with E-state index in [1.165, 1.54) is 0 Å². The largest absolute Gasteiger partial charge is 0.330 e. The third kappa shape index (κ3) is 2.22. The van der Waals surface area contributed by atoms with Gasteiger partial charge in [-0.3, -0.25) is 4.90 Å². The maximum absolute atomic E-state index is 13.8. The predicted octanol–water partition coefficient (Wildman–Crippen LogP) is 2.71. The lowest BCUT2D eigenvalue weighted by molar-refractivity contribution is 0.302. The van der Waals surface area contributed by atoms with Crippen molar-refractivity contribution < 1.29 is 13.2 Å². The second-order valence-electron chi connectivity index (χ2n) is 4.68. The lowest BCUT2D eigenvalue weighted by Gasteiger charge is -2.20. The van der Waals surface area contributed by atoms with Crippen molar-refractivity contribution in [2.45, 2.75) is 12.5 Å². The molecule has 1 aromatic carbocycles. The summed E-state index contributed by atoms with van der Waals surface area (Å²) in [4.78, 5) is 1.85. The average Bonchev–Trinajstić information content (AvgIpc) is 2.72. The van der Waals surface area contributed by atoms with E-state index in [2.05, 4.69) is 0 Å². The van der Waals surface area contributed by atoms with Crippen LogP contribution in [0.2, 0.25) is 5.02 Å². The third-order valence-electron chi connectivity index (χ3n) is 3.46. The summed E-state index contributed by atoms with van der Waals surface area (Å²) in [7, 11) is 1.78. The highest BCUT2D eigenvalue weighted by molar-refractivity contribution is 6.30. The van der Waals surface area contributed by atoms with E-state index < -0.39 is 22.5 Å². The van der Waals surface area contributed by atoms with Gasteiger partial charge in [0, 0.05) is 18.2 Å². The first-order valence-corrected chi connectivity index (χ1v) is 6.06. The molecule has 2 rings (SSSR count). The molecule has 2 N–H and O–H groups in total. The number of nitrogens with zero attached hydrogens (tertiary/aromatic N) is 1. The summed E-state index contributed by atoms with van der Waals surface area (Å²) in [6, 6.07) is 0.612. The second-order valence-corrected chi connectivity index (χ2v) is 5.06. The molecule has 0 amide bonds. The SMILES string of the molecule is CN1CC(CN)CC1c1cc(F)c(Cl)c(F)c1F. The summed E-state index contributed by atoms with van der Waals surface area (Å²) >= 11 is 5.33. The molecule has 6 heteroatoms. The van der Waals surface area contributed by atoms with Gasteiger partial charge in [0.25, 0.3) is 0 Å². The van der Waals surface area contributed by atoms with Crippen molar-refractivity contribution in [3.05, 3.63) is 34.1 Å². The van der Waals surface area contributed by atoms with Gasteiger partial charge in [0.2, 0.25) is 0 Å². The zero-order chi connectivity index (χ0) is 13.4. The number of hydrogen-bond donors (Lipinski definition) is 1. The molecule has 1 aromatic rings. The van der Waals surface area contributed by atoms with Gasteiger partial charge in [0.15, 0.2) is 11.6 Å². The van der Waals surface area contributed by atoms with Gasteiger partial charge in [-0.25, -0.2) is 13.2 Å². The summed E-state index contributed by atoms with van der Waals surface area (Å²) in [5, 5.41) is -0.799. The smallest absolute Gasteiger partial charge is 0.180 e. The summed E-state index contributed by atoms with van der Waals surface area (Å²) < 4.78 is 40.6. The molecule has 0 bridgehead atoms. The van der Waals surface area contributed by atoms with Gasteiger partial charge >= 0.3 is 0 Å². The number of benzene rings is 1. The van der Waals surface area contributed by atoms with E-state index in [1.54, 1.807) is 7.05 Å². The maximum atomic E-state index is 13.8. The van der Waals surface area contributed by atoms with Gasteiger partial charge in [0.05, 0.1) is 0 Å². The molecule has 1 saturated heterocycles. The van der Waals surface area contributed by atoms with Gasteiger partial charge < -0.3 is 5.73 Å². The minimum atomic E-state index is -1.32. The number of hydrogen-bond acceptors (Lipinski definition) is 2. The van der Waals surface area contributed by atoms with E-state index in [4.69, 9.17) is 17.3 Å². The highest BCUT2D eigenvalue weighted by Crippen LogP contribution is 2.37. The molecule has 2 nitrogen and oxygen atoms in total. The van der Waals surface area contributed by atoms with E-state index in [0.29, 0.717) is 19.5 Å². The van der Waals surface area contributed by atoms with E-state index in [-0.39, 0.29) is 17.5 Å². The van der Waals surface area contributed by atoms with Gasteiger partial charge in [0.1, 0.15) is 10.8 Å². The molecule has 2 atom stereocenters. The fraction of sp³-hybridized carbons (Fsp3) is 0.500. The lowest BCUT2D eigenvalue weighted by Crippen LogP contribution is -2.21. The van der Waals surface area contributed by atoms with E-state index in [0.717, 1.165) is 6.07 Å². The molecule has 0 aliphatic carbocycles. The molecule has 1 fully saturated rings. The van der Waals surface area contributed by atoms with Crippen LogP contribution in [-0.2, 0) is 0 Å². The van der Waals surface area contributed by atoms with Gasteiger partial charge in [-0.1, -0.05) is 11.6 Å². The monoisotopic (exact) mass is 278 g/mol. The minimum Gasteiger partial charge on any atom is -0.330 e. The molecule has 18 heavy (non-hydrogen) atoms. The van der Waals surface area contributed by atoms with E-state index in [1.807, 2.05) is 4.90 Å². The summed E-state index contributed by atoms with van der Waals surface area (Å²) in [5.41, 5.74) is 5.58. The van der Waals surface area contributed by atoms with Crippen LogP contribution < -0.4 is 5.73 Å². The van der Waals surface area contributed by atoms with Crippen molar-refractivity contribution in [3.8, 4) is 0 Å². The standard InChI is InChI=1S/C12H14ClF3N2/c1-18-5-6(4-17)2-9(18)7-3-8(14)10(13)12(16)11(7)15/h3,6,9H,2,4-5,17H2,1H3. The van der Waals surface area contributed by atoms with Crippen LogP contribution in [-0.4, -0.2) is 25.0 Å². The predicted molar refractivity (Wildman–Crippen MR) is 63.9 cm³/mol.